The standard InChI is InChI=1S/C26H27N5O3/c1-4-16-29-26(23(28)20(8-7-15-27)17(2)33-3)34-19-13-11-18(12-14-19)24(32)25-30-21-9-5-6-10-22(21)31-25/h4-16,24,32H,1-2,27-28H2,3H3,(H,30,31)/b15-7-,20-8+,26-23+,29-16?/t24-/m1/s1. The van der Waals surface area contributed by atoms with Crippen molar-refractivity contribution in [2.75, 3.05) is 7.11 Å². The molecule has 3 aromatic rings. The first-order valence-corrected chi connectivity index (χ1v) is 10.4. The Morgan fingerprint density at radius 2 is 1.94 bits per heavy atom. The summed E-state index contributed by atoms with van der Waals surface area (Å²) in [5.41, 5.74) is 14.7. The highest BCUT2D eigenvalue weighted by atomic mass is 16.5. The van der Waals surface area contributed by atoms with E-state index in [9.17, 15) is 5.11 Å². The second-order valence-electron chi connectivity index (χ2n) is 7.04. The number of para-hydroxylation sites is 2. The molecule has 174 valence electrons. The minimum atomic E-state index is -0.928. The third kappa shape index (κ3) is 5.62. The number of methoxy groups -OCH3 is 1. The zero-order chi connectivity index (χ0) is 24.5. The van der Waals surface area contributed by atoms with Gasteiger partial charge in [-0.05, 0) is 48.2 Å². The van der Waals surface area contributed by atoms with E-state index in [2.05, 4.69) is 28.1 Å². The summed E-state index contributed by atoms with van der Waals surface area (Å²) in [5.74, 6) is 1.34. The number of hydrogen-bond acceptors (Lipinski definition) is 7. The Kier molecular flexibility index (Phi) is 8.04. The van der Waals surface area contributed by atoms with Crippen LogP contribution in [-0.4, -0.2) is 28.4 Å². The van der Waals surface area contributed by atoms with E-state index in [0.29, 0.717) is 28.5 Å². The van der Waals surface area contributed by atoms with Crippen LogP contribution in [0.25, 0.3) is 11.0 Å². The lowest BCUT2D eigenvalue weighted by atomic mass is 10.1. The molecule has 1 atom stereocenters. The summed E-state index contributed by atoms with van der Waals surface area (Å²) >= 11 is 0. The number of aromatic amines is 1. The van der Waals surface area contributed by atoms with Gasteiger partial charge >= 0.3 is 0 Å². The summed E-state index contributed by atoms with van der Waals surface area (Å²) in [5, 5.41) is 10.8. The zero-order valence-corrected chi connectivity index (χ0v) is 18.8. The van der Waals surface area contributed by atoms with Crippen LogP contribution in [0.15, 0.2) is 114 Å². The quantitative estimate of drug-likeness (QED) is 0.207. The molecule has 0 bridgehead atoms. The molecule has 0 unspecified atom stereocenters. The average Bonchev–Trinajstić information content (AvgIpc) is 3.30. The van der Waals surface area contributed by atoms with E-state index in [4.69, 9.17) is 20.9 Å². The van der Waals surface area contributed by atoms with Gasteiger partial charge in [0.05, 0.1) is 18.1 Å². The molecule has 0 aliphatic heterocycles. The second kappa shape index (κ2) is 11.3. The third-order valence-electron chi connectivity index (χ3n) is 4.82. The molecule has 1 heterocycles. The van der Waals surface area contributed by atoms with Gasteiger partial charge in [0.1, 0.15) is 29.1 Å². The number of hydrogen-bond donors (Lipinski definition) is 4. The van der Waals surface area contributed by atoms with Crippen LogP contribution in [0.3, 0.4) is 0 Å². The minimum Gasteiger partial charge on any atom is -0.497 e. The molecule has 0 aliphatic carbocycles. The number of nitrogens with zero attached hydrogens (tertiary/aromatic N) is 2. The number of aromatic nitrogens is 2. The largest absolute Gasteiger partial charge is 0.497 e. The topological polar surface area (TPSA) is 132 Å². The van der Waals surface area contributed by atoms with E-state index >= 15 is 0 Å². The number of ether oxygens (including phenoxy) is 2. The number of benzene rings is 2. The number of H-pyrrole nitrogens is 1. The number of fused-ring (bicyclic) bond motifs is 1. The fourth-order valence-electron chi connectivity index (χ4n) is 3.07. The van der Waals surface area contributed by atoms with E-state index in [1.54, 1.807) is 36.4 Å². The Labute approximate surface area is 197 Å². The molecule has 0 saturated carbocycles. The molecule has 3 rings (SSSR count). The van der Waals surface area contributed by atoms with E-state index in [1.807, 2.05) is 24.3 Å². The molecule has 1 aromatic heterocycles. The Morgan fingerprint density at radius 3 is 2.59 bits per heavy atom. The van der Waals surface area contributed by atoms with Crippen LogP contribution < -0.4 is 16.2 Å². The van der Waals surface area contributed by atoms with Crippen molar-refractivity contribution < 1.29 is 14.6 Å². The number of allylic oxidation sites excluding steroid dienone is 3. The summed E-state index contributed by atoms with van der Waals surface area (Å²) in [7, 11) is 1.48. The van der Waals surface area contributed by atoms with Crippen LogP contribution in [0, 0.1) is 0 Å². The van der Waals surface area contributed by atoms with E-state index in [1.165, 1.54) is 25.6 Å². The van der Waals surface area contributed by atoms with Gasteiger partial charge in [0.25, 0.3) is 0 Å². The predicted octanol–water partition coefficient (Wildman–Crippen LogP) is 3.97. The average molecular weight is 458 g/mol. The fourth-order valence-corrected chi connectivity index (χ4v) is 3.07. The molecule has 0 fully saturated rings. The van der Waals surface area contributed by atoms with Crippen molar-refractivity contribution in [3.05, 3.63) is 120 Å². The summed E-state index contributed by atoms with van der Waals surface area (Å²) < 4.78 is 11.2. The lowest BCUT2D eigenvalue weighted by Crippen LogP contribution is -2.11. The Balaban J connectivity index is 1.88. The maximum absolute atomic E-state index is 10.8. The zero-order valence-electron chi connectivity index (χ0n) is 18.8. The van der Waals surface area contributed by atoms with Gasteiger partial charge in [0.15, 0.2) is 0 Å². The van der Waals surface area contributed by atoms with Crippen molar-refractivity contribution in [2.45, 2.75) is 6.10 Å². The fraction of sp³-hybridized carbons (Fsp3) is 0.0769. The first kappa shape index (κ1) is 24.1. The lowest BCUT2D eigenvalue weighted by molar-refractivity contribution is 0.211. The SMILES string of the molecule is C=CC=N/C(Oc1ccc([C@@H](O)c2nc3ccccc3[nH]2)cc1)=C(N)/C(=C/C=C\N)C(=C)OC. The van der Waals surface area contributed by atoms with E-state index < -0.39 is 6.10 Å². The van der Waals surface area contributed by atoms with Crippen LogP contribution in [0.5, 0.6) is 5.75 Å². The van der Waals surface area contributed by atoms with Crippen molar-refractivity contribution in [2.24, 2.45) is 16.5 Å². The van der Waals surface area contributed by atoms with Crippen molar-refractivity contribution in [3.63, 3.8) is 0 Å². The molecule has 34 heavy (non-hydrogen) atoms. The van der Waals surface area contributed by atoms with Gasteiger partial charge in [-0.25, -0.2) is 9.98 Å². The van der Waals surface area contributed by atoms with Gasteiger partial charge in [-0.2, -0.15) is 0 Å². The molecule has 0 saturated heterocycles. The molecule has 0 radical (unpaired) electrons. The molecule has 8 heteroatoms. The minimum absolute atomic E-state index is 0.111. The van der Waals surface area contributed by atoms with Crippen LogP contribution in [0.1, 0.15) is 17.5 Å². The van der Waals surface area contributed by atoms with Gasteiger partial charge in [-0.3, -0.25) is 0 Å². The van der Waals surface area contributed by atoms with Crippen LogP contribution in [0.4, 0.5) is 0 Å². The number of rotatable bonds is 10. The summed E-state index contributed by atoms with van der Waals surface area (Å²) in [6.45, 7) is 7.48. The molecular formula is C26H27N5O3. The summed E-state index contributed by atoms with van der Waals surface area (Å²) in [6, 6.07) is 14.5. The Bertz CT molecular complexity index is 1250. The Morgan fingerprint density at radius 1 is 1.21 bits per heavy atom. The summed E-state index contributed by atoms with van der Waals surface area (Å²) in [4.78, 5) is 11.8. The first-order chi connectivity index (χ1) is 16.5. The van der Waals surface area contributed by atoms with E-state index in [0.717, 1.165) is 11.0 Å². The molecule has 2 aromatic carbocycles. The van der Waals surface area contributed by atoms with Gasteiger partial charge < -0.3 is 31.0 Å². The molecule has 0 amide bonds. The van der Waals surface area contributed by atoms with Crippen molar-refractivity contribution in [3.8, 4) is 5.75 Å². The summed E-state index contributed by atoms with van der Waals surface area (Å²) in [6.07, 6.45) is 6.61. The number of aliphatic imine (C=N–C) groups is 1. The number of nitrogens with two attached hydrogens (primary N) is 2. The highest BCUT2D eigenvalue weighted by Crippen LogP contribution is 2.26. The highest BCUT2D eigenvalue weighted by Gasteiger charge is 2.17. The normalized spacial score (nSPS) is 13.8. The number of nitrogens with one attached hydrogen (secondary N) is 1. The number of aliphatic hydroxyl groups excluding tert-OH is 1. The number of aliphatic hydroxyl groups is 1. The molecule has 0 spiro atoms. The molecular weight excluding hydrogens is 430 g/mol. The highest BCUT2D eigenvalue weighted by molar-refractivity contribution is 5.75. The van der Waals surface area contributed by atoms with Crippen LogP contribution in [-0.2, 0) is 4.74 Å². The van der Waals surface area contributed by atoms with Crippen LogP contribution >= 0.6 is 0 Å². The molecule has 0 aliphatic rings. The Hall–Kier alpha value is -4.56. The molecule has 6 N–H and O–H groups in total. The smallest absolute Gasteiger partial charge is 0.243 e. The monoisotopic (exact) mass is 457 g/mol. The van der Waals surface area contributed by atoms with Crippen molar-refractivity contribution in [1.29, 1.82) is 0 Å². The predicted molar refractivity (Wildman–Crippen MR) is 135 cm³/mol. The van der Waals surface area contributed by atoms with Gasteiger partial charge in [-0.15, -0.1) is 0 Å². The van der Waals surface area contributed by atoms with Gasteiger partial charge in [0, 0.05) is 11.8 Å². The molecule has 8 nitrogen and oxygen atoms in total. The van der Waals surface area contributed by atoms with Gasteiger partial charge in [-0.1, -0.05) is 43.5 Å². The van der Waals surface area contributed by atoms with Crippen molar-refractivity contribution in [1.82, 2.24) is 9.97 Å². The van der Waals surface area contributed by atoms with Crippen LogP contribution in [0.2, 0.25) is 0 Å². The maximum atomic E-state index is 10.8. The third-order valence-corrected chi connectivity index (χ3v) is 4.82. The van der Waals surface area contributed by atoms with E-state index in [-0.39, 0.29) is 11.6 Å². The second-order valence-corrected chi connectivity index (χ2v) is 7.04. The lowest BCUT2D eigenvalue weighted by Gasteiger charge is -2.14. The maximum Gasteiger partial charge on any atom is 0.243 e. The number of imidazole rings is 1. The van der Waals surface area contributed by atoms with Crippen molar-refractivity contribution >= 4 is 17.2 Å². The first-order valence-electron chi connectivity index (χ1n) is 10.4. The van der Waals surface area contributed by atoms with Gasteiger partial charge in [0.2, 0.25) is 5.88 Å².